The van der Waals surface area contributed by atoms with Crippen LogP contribution in [0.25, 0.3) is 0 Å². The molecule has 20 heavy (non-hydrogen) atoms. The van der Waals surface area contributed by atoms with Crippen LogP contribution in [0.15, 0.2) is 0 Å². The second-order valence-electron chi connectivity index (χ2n) is 5.92. The highest BCUT2D eigenvalue weighted by Gasteiger charge is 2.29. The van der Waals surface area contributed by atoms with Crippen LogP contribution in [0.5, 0.6) is 0 Å². The zero-order chi connectivity index (χ0) is 14.4. The average Bonchev–Trinajstić information content (AvgIpc) is 2.93. The molecule has 0 radical (unpaired) electrons. The summed E-state index contributed by atoms with van der Waals surface area (Å²) >= 11 is 0. The molecule has 2 rings (SSSR count). The standard InChI is InChI=1S/C15H27NO4/c1-18-9-12-5-6-13(16-12)10-20-14-7-3-11(4-8-14)15(17)19-2/h11-14,16H,3-10H2,1-2H3/t11?,12-,13-,14?/m0/s1. The molecular weight excluding hydrogens is 258 g/mol. The van der Waals surface area contributed by atoms with Crippen molar-refractivity contribution in [2.75, 3.05) is 27.4 Å². The Labute approximate surface area is 121 Å². The van der Waals surface area contributed by atoms with E-state index in [1.54, 1.807) is 7.11 Å². The van der Waals surface area contributed by atoms with E-state index >= 15 is 0 Å². The Bertz CT molecular complexity index is 302. The molecule has 2 atom stereocenters. The number of methoxy groups -OCH3 is 2. The first-order valence-corrected chi connectivity index (χ1v) is 7.67. The van der Waals surface area contributed by atoms with Gasteiger partial charge in [-0.05, 0) is 38.5 Å². The first-order chi connectivity index (χ1) is 9.72. The van der Waals surface area contributed by atoms with E-state index in [0.717, 1.165) is 51.7 Å². The fraction of sp³-hybridized carbons (Fsp3) is 0.933. The smallest absolute Gasteiger partial charge is 0.308 e. The summed E-state index contributed by atoms with van der Waals surface area (Å²) in [5, 5.41) is 3.54. The second-order valence-corrected chi connectivity index (χ2v) is 5.92. The molecule has 116 valence electrons. The van der Waals surface area contributed by atoms with Crippen molar-refractivity contribution in [1.29, 1.82) is 0 Å². The highest BCUT2D eigenvalue weighted by Crippen LogP contribution is 2.27. The number of nitrogens with one attached hydrogen (secondary N) is 1. The summed E-state index contributed by atoms with van der Waals surface area (Å²) in [4.78, 5) is 11.5. The van der Waals surface area contributed by atoms with Crippen molar-refractivity contribution in [1.82, 2.24) is 5.32 Å². The Hall–Kier alpha value is -0.650. The number of ether oxygens (including phenoxy) is 3. The van der Waals surface area contributed by atoms with Crippen LogP contribution in [0, 0.1) is 5.92 Å². The predicted octanol–water partition coefficient (Wildman–Crippen LogP) is 1.50. The molecule has 2 aliphatic rings. The van der Waals surface area contributed by atoms with Crippen molar-refractivity contribution >= 4 is 5.97 Å². The summed E-state index contributed by atoms with van der Waals surface area (Å²) in [6.07, 6.45) is 6.34. The van der Waals surface area contributed by atoms with E-state index in [9.17, 15) is 4.79 Å². The van der Waals surface area contributed by atoms with Gasteiger partial charge in [0.15, 0.2) is 0 Å². The molecule has 1 heterocycles. The molecule has 0 aromatic heterocycles. The Morgan fingerprint density at radius 2 is 1.65 bits per heavy atom. The maximum atomic E-state index is 11.5. The predicted molar refractivity (Wildman–Crippen MR) is 75.5 cm³/mol. The molecule has 0 unspecified atom stereocenters. The van der Waals surface area contributed by atoms with Gasteiger partial charge in [-0.1, -0.05) is 0 Å². The minimum absolute atomic E-state index is 0.0664. The second kappa shape index (κ2) is 7.96. The first kappa shape index (κ1) is 15.7. The van der Waals surface area contributed by atoms with E-state index in [-0.39, 0.29) is 11.9 Å². The molecule has 0 aromatic carbocycles. The number of rotatable bonds is 6. The average molecular weight is 285 g/mol. The van der Waals surface area contributed by atoms with Gasteiger partial charge in [0.1, 0.15) is 0 Å². The minimum Gasteiger partial charge on any atom is -0.469 e. The fourth-order valence-corrected chi connectivity index (χ4v) is 3.25. The number of esters is 1. The lowest BCUT2D eigenvalue weighted by Crippen LogP contribution is -2.37. The Balaban J connectivity index is 1.61. The van der Waals surface area contributed by atoms with Crippen molar-refractivity contribution in [2.24, 2.45) is 5.92 Å². The molecule has 1 saturated heterocycles. The maximum absolute atomic E-state index is 11.5. The van der Waals surface area contributed by atoms with Crippen molar-refractivity contribution in [3.63, 3.8) is 0 Å². The molecular formula is C15H27NO4. The number of hydrogen-bond acceptors (Lipinski definition) is 5. The summed E-state index contributed by atoms with van der Waals surface area (Å²) < 4.78 is 16.0. The third kappa shape index (κ3) is 4.43. The van der Waals surface area contributed by atoms with Gasteiger partial charge in [0.05, 0.1) is 32.3 Å². The van der Waals surface area contributed by atoms with Crippen molar-refractivity contribution in [2.45, 2.75) is 56.7 Å². The number of hydrogen-bond donors (Lipinski definition) is 1. The molecule has 1 N–H and O–H groups in total. The van der Waals surface area contributed by atoms with Crippen LogP contribution in [0.2, 0.25) is 0 Å². The molecule has 0 amide bonds. The SMILES string of the molecule is COC[C@@H]1CC[C@@H](COC2CCC(C(=O)OC)CC2)N1. The third-order valence-corrected chi connectivity index (χ3v) is 4.44. The summed E-state index contributed by atoms with van der Waals surface area (Å²) in [7, 11) is 3.21. The highest BCUT2D eigenvalue weighted by atomic mass is 16.5. The lowest BCUT2D eigenvalue weighted by Gasteiger charge is -2.28. The van der Waals surface area contributed by atoms with Gasteiger partial charge in [0, 0.05) is 19.2 Å². The zero-order valence-electron chi connectivity index (χ0n) is 12.6. The summed E-state index contributed by atoms with van der Waals surface area (Å²) in [5.41, 5.74) is 0. The van der Waals surface area contributed by atoms with E-state index in [4.69, 9.17) is 14.2 Å². The third-order valence-electron chi connectivity index (χ3n) is 4.44. The first-order valence-electron chi connectivity index (χ1n) is 7.67. The van der Waals surface area contributed by atoms with Gasteiger partial charge < -0.3 is 19.5 Å². The van der Waals surface area contributed by atoms with Crippen LogP contribution >= 0.6 is 0 Å². The molecule has 2 fully saturated rings. The van der Waals surface area contributed by atoms with E-state index in [2.05, 4.69) is 5.32 Å². The zero-order valence-corrected chi connectivity index (χ0v) is 12.6. The monoisotopic (exact) mass is 285 g/mol. The molecule has 0 aromatic rings. The quantitative estimate of drug-likeness (QED) is 0.750. The molecule has 1 aliphatic heterocycles. The van der Waals surface area contributed by atoms with E-state index in [1.165, 1.54) is 7.11 Å². The Morgan fingerprint density at radius 1 is 1.00 bits per heavy atom. The van der Waals surface area contributed by atoms with Gasteiger partial charge in [-0.2, -0.15) is 0 Å². The van der Waals surface area contributed by atoms with Gasteiger partial charge in [0.25, 0.3) is 0 Å². The van der Waals surface area contributed by atoms with Crippen molar-refractivity contribution in [3.05, 3.63) is 0 Å². The van der Waals surface area contributed by atoms with Gasteiger partial charge >= 0.3 is 5.97 Å². The van der Waals surface area contributed by atoms with E-state index in [0.29, 0.717) is 18.2 Å². The molecule has 0 bridgehead atoms. The van der Waals surface area contributed by atoms with E-state index in [1.807, 2.05) is 0 Å². The Morgan fingerprint density at radius 3 is 2.25 bits per heavy atom. The normalized spacial score (nSPS) is 34.1. The lowest BCUT2D eigenvalue weighted by molar-refractivity contribution is -0.147. The molecule has 1 aliphatic carbocycles. The van der Waals surface area contributed by atoms with Crippen LogP contribution in [0.4, 0.5) is 0 Å². The lowest BCUT2D eigenvalue weighted by atomic mass is 9.87. The largest absolute Gasteiger partial charge is 0.469 e. The van der Waals surface area contributed by atoms with Crippen molar-refractivity contribution in [3.8, 4) is 0 Å². The fourth-order valence-electron chi connectivity index (χ4n) is 3.25. The highest BCUT2D eigenvalue weighted by molar-refractivity contribution is 5.72. The summed E-state index contributed by atoms with van der Waals surface area (Å²) in [6.45, 7) is 1.55. The van der Waals surface area contributed by atoms with Crippen LogP contribution in [-0.2, 0) is 19.0 Å². The topological polar surface area (TPSA) is 56.8 Å². The van der Waals surface area contributed by atoms with Gasteiger partial charge in [-0.3, -0.25) is 4.79 Å². The van der Waals surface area contributed by atoms with Crippen LogP contribution in [0.1, 0.15) is 38.5 Å². The molecule has 5 heteroatoms. The maximum Gasteiger partial charge on any atom is 0.308 e. The van der Waals surface area contributed by atoms with E-state index < -0.39 is 0 Å². The van der Waals surface area contributed by atoms with Crippen LogP contribution in [0.3, 0.4) is 0 Å². The molecule has 0 spiro atoms. The van der Waals surface area contributed by atoms with Crippen molar-refractivity contribution < 1.29 is 19.0 Å². The molecule has 1 saturated carbocycles. The summed E-state index contributed by atoms with van der Waals surface area (Å²) in [5.74, 6) is 0.0128. The minimum atomic E-state index is -0.0664. The van der Waals surface area contributed by atoms with Crippen LogP contribution in [-0.4, -0.2) is 51.6 Å². The van der Waals surface area contributed by atoms with Crippen LogP contribution < -0.4 is 5.32 Å². The summed E-state index contributed by atoms with van der Waals surface area (Å²) in [6, 6.07) is 0.928. The van der Waals surface area contributed by atoms with Gasteiger partial charge in [0.2, 0.25) is 0 Å². The number of carbonyl (C=O) groups excluding carboxylic acids is 1. The van der Waals surface area contributed by atoms with Gasteiger partial charge in [-0.15, -0.1) is 0 Å². The van der Waals surface area contributed by atoms with Gasteiger partial charge in [-0.25, -0.2) is 0 Å². The number of carbonyl (C=O) groups is 1. The Kier molecular flexibility index (Phi) is 6.26. The molecule has 5 nitrogen and oxygen atoms in total.